The van der Waals surface area contributed by atoms with Crippen molar-refractivity contribution in [2.75, 3.05) is 32.8 Å². The van der Waals surface area contributed by atoms with E-state index in [1.807, 2.05) is 29.2 Å². The fourth-order valence-corrected chi connectivity index (χ4v) is 2.75. The molecule has 0 saturated carbocycles. The summed E-state index contributed by atoms with van der Waals surface area (Å²) in [5, 5.41) is 4.80. The molecule has 0 aromatic heterocycles. The number of hydrogen-bond donors (Lipinski definition) is 2. The van der Waals surface area contributed by atoms with Crippen molar-refractivity contribution in [3.63, 3.8) is 0 Å². The van der Waals surface area contributed by atoms with Crippen LogP contribution in [0.5, 0.6) is 0 Å². The molecule has 124 valence electrons. The fourth-order valence-electron chi connectivity index (χ4n) is 2.33. The second-order valence-electron chi connectivity index (χ2n) is 5.20. The number of rotatable bonds is 5. The van der Waals surface area contributed by atoms with Gasteiger partial charge in [0.1, 0.15) is 0 Å². The standard InChI is InChI=1S/C16H20BrN3O3/c1-2-6-18-16(22)19-15(21)11-20-7-8-23-14(10-20)12-4-3-5-13(17)9-12/h2-5,9,14H,1,6-8,10-11H2,(H2,18,19,21,22). The Balaban J connectivity index is 1.85. The number of imide groups is 1. The van der Waals surface area contributed by atoms with Gasteiger partial charge in [0.25, 0.3) is 0 Å². The maximum atomic E-state index is 11.9. The first kappa shape index (κ1) is 17.7. The van der Waals surface area contributed by atoms with Crippen LogP contribution in [0.1, 0.15) is 11.7 Å². The molecule has 1 aromatic carbocycles. The van der Waals surface area contributed by atoms with Crippen LogP contribution in [0.2, 0.25) is 0 Å². The van der Waals surface area contributed by atoms with Crippen molar-refractivity contribution in [3.05, 3.63) is 47.0 Å². The Morgan fingerprint density at radius 2 is 2.30 bits per heavy atom. The molecule has 23 heavy (non-hydrogen) atoms. The van der Waals surface area contributed by atoms with Crippen molar-refractivity contribution >= 4 is 27.9 Å². The number of carbonyl (C=O) groups is 2. The average molecular weight is 382 g/mol. The summed E-state index contributed by atoms with van der Waals surface area (Å²) in [7, 11) is 0. The molecule has 0 bridgehead atoms. The average Bonchev–Trinajstić information content (AvgIpc) is 2.53. The zero-order valence-corrected chi connectivity index (χ0v) is 14.3. The van der Waals surface area contributed by atoms with Crippen molar-refractivity contribution in [2.24, 2.45) is 0 Å². The van der Waals surface area contributed by atoms with Crippen LogP contribution in [-0.4, -0.2) is 49.6 Å². The van der Waals surface area contributed by atoms with Crippen LogP contribution in [0, 0.1) is 0 Å². The van der Waals surface area contributed by atoms with Gasteiger partial charge in [-0.25, -0.2) is 4.79 Å². The normalized spacial score (nSPS) is 18.2. The van der Waals surface area contributed by atoms with E-state index in [1.165, 1.54) is 0 Å². The van der Waals surface area contributed by atoms with Gasteiger partial charge in [-0.2, -0.15) is 0 Å². The molecule has 0 aliphatic carbocycles. The quantitative estimate of drug-likeness (QED) is 0.763. The summed E-state index contributed by atoms with van der Waals surface area (Å²) in [5.74, 6) is -0.332. The second kappa shape index (κ2) is 8.81. The maximum absolute atomic E-state index is 11.9. The van der Waals surface area contributed by atoms with Gasteiger partial charge in [0.05, 0.1) is 19.3 Å². The molecule has 1 saturated heterocycles. The van der Waals surface area contributed by atoms with Crippen LogP contribution in [0.4, 0.5) is 4.79 Å². The lowest BCUT2D eigenvalue weighted by molar-refractivity contribution is -0.123. The first-order valence-electron chi connectivity index (χ1n) is 7.36. The van der Waals surface area contributed by atoms with E-state index in [-0.39, 0.29) is 18.6 Å². The highest BCUT2D eigenvalue weighted by atomic mass is 79.9. The van der Waals surface area contributed by atoms with Crippen LogP contribution in [0.3, 0.4) is 0 Å². The Bertz CT molecular complexity index is 579. The second-order valence-corrected chi connectivity index (χ2v) is 6.11. The predicted octanol–water partition coefficient (Wildman–Crippen LogP) is 1.83. The minimum atomic E-state index is -0.508. The van der Waals surface area contributed by atoms with Gasteiger partial charge in [-0.15, -0.1) is 6.58 Å². The molecule has 1 fully saturated rings. The number of halogens is 1. The molecule has 2 N–H and O–H groups in total. The highest BCUT2D eigenvalue weighted by Crippen LogP contribution is 2.24. The van der Waals surface area contributed by atoms with Gasteiger partial charge in [-0.3, -0.25) is 15.0 Å². The Kier molecular flexibility index (Phi) is 6.76. The number of carbonyl (C=O) groups excluding carboxylic acids is 2. The van der Waals surface area contributed by atoms with Gasteiger partial charge in [0.15, 0.2) is 0 Å². The van der Waals surface area contributed by atoms with Crippen LogP contribution < -0.4 is 10.6 Å². The molecule has 7 heteroatoms. The van der Waals surface area contributed by atoms with Crippen LogP contribution in [0.15, 0.2) is 41.4 Å². The lowest BCUT2D eigenvalue weighted by Gasteiger charge is -2.32. The molecule has 1 unspecified atom stereocenters. The number of morpholine rings is 1. The zero-order chi connectivity index (χ0) is 16.7. The zero-order valence-electron chi connectivity index (χ0n) is 12.8. The van der Waals surface area contributed by atoms with Crippen molar-refractivity contribution in [1.82, 2.24) is 15.5 Å². The maximum Gasteiger partial charge on any atom is 0.321 e. The Hall–Kier alpha value is -1.70. The number of ether oxygens (including phenoxy) is 1. The monoisotopic (exact) mass is 381 g/mol. The van der Waals surface area contributed by atoms with Gasteiger partial charge in [-0.1, -0.05) is 34.1 Å². The highest BCUT2D eigenvalue weighted by molar-refractivity contribution is 9.10. The van der Waals surface area contributed by atoms with Crippen LogP contribution in [0.25, 0.3) is 0 Å². The molecule has 0 radical (unpaired) electrons. The van der Waals surface area contributed by atoms with E-state index < -0.39 is 6.03 Å². The Morgan fingerprint density at radius 1 is 1.48 bits per heavy atom. The van der Waals surface area contributed by atoms with Gasteiger partial charge >= 0.3 is 6.03 Å². The summed E-state index contributed by atoms with van der Waals surface area (Å²) in [4.78, 5) is 25.3. The highest BCUT2D eigenvalue weighted by Gasteiger charge is 2.24. The smallest absolute Gasteiger partial charge is 0.321 e. The molecule has 6 nitrogen and oxygen atoms in total. The molecule has 2 rings (SSSR count). The first-order valence-corrected chi connectivity index (χ1v) is 8.16. The van der Waals surface area contributed by atoms with Crippen molar-refractivity contribution in [3.8, 4) is 0 Å². The molecule has 3 amide bonds. The fraction of sp³-hybridized carbons (Fsp3) is 0.375. The lowest BCUT2D eigenvalue weighted by atomic mass is 10.1. The van der Waals surface area contributed by atoms with E-state index >= 15 is 0 Å². The molecular weight excluding hydrogens is 362 g/mol. The third kappa shape index (κ3) is 5.78. The SMILES string of the molecule is C=CCNC(=O)NC(=O)CN1CCOC(c2cccc(Br)c2)C1. The minimum Gasteiger partial charge on any atom is -0.371 e. The van der Waals surface area contributed by atoms with Gasteiger partial charge < -0.3 is 10.1 Å². The van der Waals surface area contributed by atoms with Crippen LogP contribution >= 0.6 is 15.9 Å². The molecular formula is C16H20BrN3O3. The van der Waals surface area contributed by atoms with Crippen LogP contribution in [-0.2, 0) is 9.53 Å². The molecule has 1 heterocycles. The number of amides is 3. The number of hydrogen-bond acceptors (Lipinski definition) is 4. The van der Waals surface area contributed by atoms with E-state index in [4.69, 9.17) is 4.74 Å². The van der Waals surface area contributed by atoms with E-state index in [1.54, 1.807) is 6.08 Å². The predicted molar refractivity (Wildman–Crippen MR) is 91.0 cm³/mol. The molecule has 1 aliphatic heterocycles. The molecule has 0 spiro atoms. The molecule has 1 aliphatic rings. The summed E-state index contributed by atoms with van der Waals surface area (Å²) in [6.07, 6.45) is 1.47. The summed E-state index contributed by atoms with van der Waals surface area (Å²) >= 11 is 3.45. The van der Waals surface area contributed by atoms with Gasteiger partial charge in [0.2, 0.25) is 5.91 Å². The molecule has 1 aromatic rings. The number of benzene rings is 1. The Labute approximate surface area is 144 Å². The first-order chi connectivity index (χ1) is 11.1. The third-order valence-electron chi connectivity index (χ3n) is 3.40. The van der Waals surface area contributed by atoms with Crippen molar-refractivity contribution in [1.29, 1.82) is 0 Å². The summed E-state index contributed by atoms with van der Waals surface area (Å²) < 4.78 is 6.77. The van der Waals surface area contributed by atoms with Crippen molar-refractivity contribution < 1.29 is 14.3 Å². The van der Waals surface area contributed by atoms with Crippen molar-refractivity contribution in [2.45, 2.75) is 6.10 Å². The lowest BCUT2D eigenvalue weighted by Crippen LogP contribution is -2.47. The summed E-state index contributed by atoms with van der Waals surface area (Å²) in [5.41, 5.74) is 1.06. The summed E-state index contributed by atoms with van der Waals surface area (Å²) in [6.45, 7) is 5.80. The number of nitrogens with one attached hydrogen (secondary N) is 2. The van der Waals surface area contributed by atoms with E-state index in [9.17, 15) is 9.59 Å². The van der Waals surface area contributed by atoms with E-state index in [0.717, 1.165) is 10.0 Å². The summed E-state index contributed by atoms with van der Waals surface area (Å²) in [6, 6.07) is 7.42. The van der Waals surface area contributed by atoms with E-state index in [0.29, 0.717) is 26.2 Å². The van der Waals surface area contributed by atoms with Gasteiger partial charge in [0, 0.05) is 24.1 Å². The topological polar surface area (TPSA) is 70.7 Å². The minimum absolute atomic E-state index is 0.0800. The largest absolute Gasteiger partial charge is 0.371 e. The number of urea groups is 1. The number of nitrogens with zero attached hydrogens (tertiary/aromatic N) is 1. The molecule has 1 atom stereocenters. The third-order valence-corrected chi connectivity index (χ3v) is 3.89. The van der Waals surface area contributed by atoms with Gasteiger partial charge in [-0.05, 0) is 17.7 Å². The Morgan fingerprint density at radius 3 is 3.04 bits per heavy atom. The van der Waals surface area contributed by atoms with E-state index in [2.05, 4.69) is 33.1 Å².